The fraction of sp³-hybridized carbons (Fsp3) is 0.938. The van der Waals surface area contributed by atoms with E-state index in [2.05, 4.69) is 36.4 Å². The van der Waals surface area contributed by atoms with E-state index in [1.807, 2.05) is 0 Å². The first-order valence-electron chi connectivity index (χ1n) is 8.28. The Morgan fingerprint density at radius 2 is 2.05 bits per heavy atom. The van der Waals surface area contributed by atoms with Crippen molar-refractivity contribution in [3.63, 3.8) is 0 Å². The molecule has 0 spiro atoms. The highest BCUT2D eigenvalue weighted by molar-refractivity contribution is 5.79. The summed E-state index contributed by atoms with van der Waals surface area (Å²) < 4.78 is 0. The van der Waals surface area contributed by atoms with Gasteiger partial charge in [-0.1, -0.05) is 26.7 Å². The van der Waals surface area contributed by atoms with Crippen molar-refractivity contribution in [1.29, 1.82) is 0 Å². The van der Waals surface area contributed by atoms with Crippen LogP contribution in [0.5, 0.6) is 0 Å². The van der Waals surface area contributed by atoms with Crippen LogP contribution >= 0.6 is 0 Å². The predicted molar refractivity (Wildman–Crippen MR) is 86.0 cm³/mol. The highest BCUT2D eigenvalue weighted by Gasteiger charge is 2.20. The lowest BCUT2D eigenvalue weighted by molar-refractivity contribution is 0.245. The van der Waals surface area contributed by atoms with Crippen LogP contribution in [0.2, 0.25) is 0 Å². The molecule has 0 radical (unpaired) electrons. The van der Waals surface area contributed by atoms with Gasteiger partial charge in [0, 0.05) is 26.2 Å². The van der Waals surface area contributed by atoms with E-state index in [1.165, 1.54) is 19.3 Å². The van der Waals surface area contributed by atoms with Crippen molar-refractivity contribution in [2.24, 2.45) is 22.7 Å². The van der Waals surface area contributed by atoms with Gasteiger partial charge in [-0.25, -0.2) is 0 Å². The molecule has 118 valence electrons. The minimum Gasteiger partial charge on any atom is -0.396 e. The summed E-state index contributed by atoms with van der Waals surface area (Å²) in [7, 11) is 0. The molecule has 1 aliphatic carbocycles. The molecule has 0 aromatic carbocycles. The quantitative estimate of drug-likeness (QED) is 0.426. The van der Waals surface area contributed by atoms with Crippen LogP contribution in [-0.4, -0.2) is 37.3 Å². The third-order valence-electron chi connectivity index (χ3n) is 3.74. The summed E-state index contributed by atoms with van der Waals surface area (Å²) in [5.41, 5.74) is 0. The third kappa shape index (κ3) is 8.41. The second kappa shape index (κ2) is 10.0. The number of aliphatic hydroxyl groups is 1. The maximum absolute atomic E-state index is 9.15. The number of rotatable bonds is 10. The van der Waals surface area contributed by atoms with Crippen molar-refractivity contribution in [3.8, 4) is 0 Å². The largest absolute Gasteiger partial charge is 0.396 e. The van der Waals surface area contributed by atoms with E-state index in [-0.39, 0.29) is 6.61 Å². The molecule has 0 heterocycles. The van der Waals surface area contributed by atoms with Crippen molar-refractivity contribution in [1.82, 2.24) is 10.6 Å². The van der Waals surface area contributed by atoms with Gasteiger partial charge in [0.1, 0.15) is 0 Å². The molecule has 4 heteroatoms. The summed E-state index contributed by atoms with van der Waals surface area (Å²) in [6, 6.07) is 0. The van der Waals surface area contributed by atoms with E-state index in [0.29, 0.717) is 11.8 Å². The molecule has 0 saturated heterocycles. The first-order chi connectivity index (χ1) is 9.65. The molecule has 1 unspecified atom stereocenters. The van der Waals surface area contributed by atoms with Crippen LogP contribution in [0.15, 0.2) is 4.99 Å². The molecule has 1 aliphatic rings. The van der Waals surface area contributed by atoms with E-state index < -0.39 is 0 Å². The normalized spacial score (nSPS) is 17.4. The Morgan fingerprint density at radius 1 is 1.30 bits per heavy atom. The van der Waals surface area contributed by atoms with Gasteiger partial charge in [0.2, 0.25) is 0 Å². The number of guanidine groups is 1. The Hall–Kier alpha value is -0.770. The lowest BCUT2D eigenvalue weighted by atomic mass is 9.94. The first kappa shape index (κ1) is 17.3. The highest BCUT2D eigenvalue weighted by atomic mass is 16.3. The third-order valence-corrected chi connectivity index (χ3v) is 3.74. The summed E-state index contributed by atoms with van der Waals surface area (Å²) >= 11 is 0. The van der Waals surface area contributed by atoms with Gasteiger partial charge in [-0.05, 0) is 43.9 Å². The van der Waals surface area contributed by atoms with E-state index in [0.717, 1.165) is 44.4 Å². The molecule has 0 aromatic rings. The minimum absolute atomic E-state index is 0.262. The van der Waals surface area contributed by atoms with Crippen molar-refractivity contribution in [3.05, 3.63) is 0 Å². The lowest BCUT2D eigenvalue weighted by Gasteiger charge is -2.17. The topological polar surface area (TPSA) is 56.7 Å². The van der Waals surface area contributed by atoms with Gasteiger partial charge < -0.3 is 15.7 Å². The average Bonchev–Trinajstić information content (AvgIpc) is 3.19. The molecule has 0 aliphatic heterocycles. The molecule has 0 bridgehead atoms. The second-order valence-corrected chi connectivity index (χ2v) is 6.39. The maximum atomic E-state index is 9.15. The zero-order valence-electron chi connectivity index (χ0n) is 13.5. The van der Waals surface area contributed by atoms with Gasteiger partial charge in [-0.2, -0.15) is 0 Å². The molecule has 1 saturated carbocycles. The molecule has 0 aromatic heterocycles. The molecule has 1 fully saturated rings. The number of hydrogen-bond acceptors (Lipinski definition) is 2. The van der Waals surface area contributed by atoms with Gasteiger partial charge in [0.25, 0.3) is 0 Å². The Kier molecular flexibility index (Phi) is 8.67. The molecule has 0 amide bonds. The maximum Gasteiger partial charge on any atom is 0.191 e. The summed E-state index contributed by atoms with van der Waals surface area (Å²) in [6.45, 7) is 9.53. The number of aliphatic imine (C=N–C) groups is 1. The average molecular weight is 283 g/mol. The molecule has 1 atom stereocenters. The smallest absolute Gasteiger partial charge is 0.191 e. The zero-order valence-corrected chi connectivity index (χ0v) is 13.5. The van der Waals surface area contributed by atoms with E-state index in [9.17, 15) is 0 Å². The van der Waals surface area contributed by atoms with Crippen LogP contribution < -0.4 is 10.6 Å². The van der Waals surface area contributed by atoms with Crippen LogP contribution in [0.3, 0.4) is 0 Å². The Balaban J connectivity index is 2.35. The van der Waals surface area contributed by atoms with Crippen LogP contribution in [0, 0.1) is 17.8 Å². The Bertz CT molecular complexity index is 275. The van der Waals surface area contributed by atoms with Gasteiger partial charge in [-0.15, -0.1) is 0 Å². The zero-order chi connectivity index (χ0) is 14.8. The summed E-state index contributed by atoms with van der Waals surface area (Å²) in [6.07, 6.45) is 6.05. The Morgan fingerprint density at radius 3 is 2.60 bits per heavy atom. The lowest BCUT2D eigenvalue weighted by Crippen LogP contribution is -2.38. The van der Waals surface area contributed by atoms with Crippen LogP contribution in [-0.2, 0) is 0 Å². The number of aliphatic hydroxyl groups excluding tert-OH is 1. The van der Waals surface area contributed by atoms with Gasteiger partial charge in [-0.3, -0.25) is 4.99 Å². The van der Waals surface area contributed by atoms with Gasteiger partial charge >= 0.3 is 0 Å². The highest BCUT2D eigenvalue weighted by Crippen LogP contribution is 2.31. The van der Waals surface area contributed by atoms with Crippen LogP contribution in [0.25, 0.3) is 0 Å². The Labute approximate surface area is 124 Å². The second-order valence-electron chi connectivity index (χ2n) is 6.39. The summed E-state index contributed by atoms with van der Waals surface area (Å²) in [5, 5.41) is 15.9. The van der Waals surface area contributed by atoms with Crippen molar-refractivity contribution < 1.29 is 5.11 Å². The van der Waals surface area contributed by atoms with E-state index in [1.54, 1.807) is 0 Å². The molecular weight excluding hydrogens is 250 g/mol. The summed E-state index contributed by atoms with van der Waals surface area (Å²) in [4.78, 5) is 4.69. The fourth-order valence-electron chi connectivity index (χ4n) is 2.50. The molecular formula is C16H33N3O. The molecule has 4 nitrogen and oxygen atoms in total. The first-order valence-corrected chi connectivity index (χ1v) is 8.28. The molecule has 3 N–H and O–H groups in total. The number of hydrogen-bond donors (Lipinski definition) is 3. The van der Waals surface area contributed by atoms with Crippen molar-refractivity contribution in [2.45, 2.75) is 52.9 Å². The minimum atomic E-state index is 0.262. The van der Waals surface area contributed by atoms with Crippen molar-refractivity contribution >= 4 is 5.96 Å². The van der Waals surface area contributed by atoms with Crippen LogP contribution in [0.4, 0.5) is 0 Å². The predicted octanol–water partition coefficient (Wildman–Crippen LogP) is 2.39. The number of nitrogens with one attached hydrogen (secondary N) is 2. The molecule has 20 heavy (non-hydrogen) atoms. The van der Waals surface area contributed by atoms with E-state index in [4.69, 9.17) is 5.11 Å². The molecule has 1 rings (SSSR count). The van der Waals surface area contributed by atoms with Crippen LogP contribution in [0.1, 0.15) is 52.9 Å². The summed E-state index contributed by atoms with van der Waals surface area (Å²) in [5.74, 6) is 3.03. The standard InChI is InChI=1S/C16H33N3O/c1-4-17-16(18-9-7-14-5-6-14)19-12-15(8-10-20)11-13(2)3/h13-15,20H,4-12H2,1-3H3,(H2,17,18,19). The monoisotopic (exact) mass is 283 g/mol. The van der Waals surface area contributed by atoms with E-state index >= 15 is 0 Å². The fourth-order valence-corrected chi connectivity index (χ4v) is 2.50. The SMILES string of the molecule is CCNC(=NCC(CCO)CC(C)C)NCCC1CC1. The van der Waals surface area contributed by atoms with Gasteiger partial charge in [0.15, 0.2) is 5.96 Å². The van der Waals surface area contributed by atoms with Gasteiger partial charge in [0.05, 0.1) is 0 Å². The number of nitrogens with zero attached hydrogens (tertiary/aromatic N) is 1. The van der Waals surface area contributed by atoms with Crippen molar-refractivity contribution in [2.75, 3.05) is 26.2 Å².